The van der Waals surface area contributed by atoms with Gasteiger partial charge in [0, 0.05) is 30.9 Å². The summed E-state index contributed by atoms with van der Waals surface area (Å²) in [6.45, 7) is 4.26. The van der Waals surface area contributed by atoms with Gasteiger partial charge in [0.1, 0.15) is 5.56 Å². The van der Waals surface area contributed by atoms with Gasteiger partial charge in [0.2, 0.25) is 0 Å². The van der Waals surface area contributed by atoms with Crippen LogP contribution in [0.2, 0.25) is 0 Å². The van der Waals surface area contributed by atoms with Crippen LogP contribution in [0.3, 0.4) is 0 Å². The lowest BCUT2D eigenvalue weighted by Crippen LogP contribution is -2.37. The number of esters is 1. The van der Waals surface area contributed by atoms with Crippen molar-refractivity contribution in [1.82, 2.24) is 0 Å². The predicted octanol–water partition coefficient (Wildman–Crippen LogP) is 3.09. The second kappa shape index (κ2) is 7.39. The maximum absolute atomic E-state index is 12.0. The van der Waals surface area contributed by atoms with E-state index >= 15 is 0 Å². The van der Waals surface area contributed by atoms with Crippen molar-refractivity contribution in [2.75, 3.05) is 31.7 Å². The zero-order chi connectivity index (χ0) is 18.0. The molecular weight excluding hydrogens is 324 g/mol. The van der Waals surface area contributed by atoms with Gasteiger partial charge in [-0.15, -0.1) is 0 Å². The van der Waals surface area contributed by atoms with Crippen LogP contribution >= 0.6 is 0 Å². The molecule has 0 aromatic heterocycles. The summed E-state index contributed by atoms with van der Waals surface area (Å²) in [5.41, 5.74) is 1.16. The van der Waals surface area contributed by atoms with Gasteiger partial charge >= 0.3 is 5.97 Å². The number of aryl methyl sites for hydroxylation is 1. The molecule has 0 spiro atoms. The average molecular weight is 348 g/mol. The molecule has 25 heavy (non-hydrogen) atoms. The molecule has 2 aliphatic heterocycles. The molecule has 1 unspecified atom stereocenters. The van der Waals surface area contributed by atoms with Gasteiger partial charge in [-0.1, -0.05) is 0 Å². The largest absolute Gasteiger partial charge is 0.465 e. The van der Waals surface area contributed by atoms with E-state index in [0.29, 0.717) is 17.6 Å². The second-order valence-corrected chi connectivity index (χ2v) is 6.78. The van der Waals surface area contributed by atoms with Gasteiger partial charge in [-0.3, -0.25) is 10.1 Å². The molecule has 136 valence electrons. The first kappa shape index (κ1) is 17.7. The van der Waals surface area contributed by atoms with Crippen LogP contribution in [0.5, 0.6) is 0 Å². The SMILES string of the molecule is COC(=O)c1cc(N2CCC(C3CCCO3)CC2)cc(C)c1[N+](=O)[O-]. The van der Waals surface area contributed by atoms with Crippen LogP contribution in [0.4, 0.5) is 11.4 Å². The van der Waals surface area contributed by atoms with Gasteiger partial charge in [0.25, 0.3) is 5.69 Å². The van der Waals surface area contributed by atoms with Crippen molar-refractivity contribution in [3.05, 3.63) is 33.4 Å². The number of carbonyl (C=O) groups is 1. The van der Waals surface area contributed by atoms with Crippen LogP contribution in [-0.2, 0) is 9.47 Å². The number of ether oxygens (including phenoxy) is 2. The molecule has 0 aliphatic carbocycles. The van der Waals surface area contributed by atoms with Crippen LogP contribution in [0.15, 0.2) is 12.1 Å². The zero-order valence-corrected chi connectivity index (χ0v) is 14.7. The first-order chi connectivity index (χ1) is 12.0. The number of hydrogen-bond acceptors (Lipinski definition) is 6. The quantitative estimate of drug-likeness (QED) is 0.472. The zero-order valence-electron chi connectivity index (χ0n) is 14.7. The molecule has 2 aliphatic rings. The van der Waals surface area contributed by atoms with Crippen molar-refractivity contribution in [1.29, 1.82) is 0 Å². The van der Waals surface area contributed by atoms with E-state index in [-0.39, 0.29) is 11.3 Å². The molecule has 0 N–H and O–H groups in total. The molecule has 7 heteroatoms. The first-order valence-electron chi connectivity index (χ1n) is 8.75. The number of methoxy groups -OCH3 is 1. The number of nitro groups is 1. The van der Waals surface area contributed by atoms with Crippen LogP contribution < -0.4 is 4.90 Å². The highest BCUT2D eigenvalue weighted by atomic mass is 16.6. The molecular formula is C18H24N2O5. The van der Waals surface area contributed by atoms with Gasteiger partial charge in [0.15, 0.2) is 0 Å². The van der Waals surface area contributed by atoms with Crippen molar-refractivity contribution in [3.8, 4) is 0 Å². The second-order valence-electron chi connectivity index (χ2n) is 6.78. The van der Waals surface area contributed by atoms with E-state index in [1.807, 2.05) is 0 Å². The molecule has 1 aromatic rings. The summed E-state index contributed by atoms with van der Waals surface area (Å²) in [5, 5.41) is 11.3. The molecule has 2 fully saturated rings. The third-order valence-electron chi connectivity index (χ3n) is 5.27. The number of nitro benzene ring substituents is 1. The van der Waals surface area contributed by atoms with E-state index in [9.17, 15) is 14.9 Å². The maximum Gasteiger partial charge on any atom is 0.344 e. The number of piperidine rings is 1. The van der Waals surface area contributed by atoms with E-state index in [4.69, 9.17) is 9.47 Å². The summed E-state index contributed by atoms with van der Waals surface area (Å²) in [5.74, 6) is -0.0936. The van der Waals surface area contributed by atoms with E-state index in [1.165, 1.54) is 7.11 Å². The Labute approximate surface area is 147 Å². The Hall–Kier alpha value is -2.15. The monoisotopic (exact) mass is 348 g/mol. The summed E-state index contributed by atoms with van der Waals surface area (Å²) >= 11 is 0. The van der Waals surface area contributed by atoms with Crippen molar-refractivity contribution < 1.29 is 19.2 Å². The topological polar surface area (TPSA) is 81.9 Å². The van der Waals surface area contributed by atoms with Crippen molar-refractivity contribution in [3.63, 3.8) is 0 Å². The number of nitrogens with zero attached hydrogens (tertiary/aromatic N) is 2. The Morgan fingerprint density at radius 3 is 2.60 bits per heavy atom. The lowest BCUT2D eigenvalue weighted by Gasteiger charge is -2.36. The number of rotatable bonds is 4. The van der Waals surface area contributed by atoms with Gasteiger partial charge in [-0.2, -0.15) is 0 Å². The molecule has 0 saturated carbocycles. The van der Waals surface area contributed by atoms with Crippen molar-refractivity contribution in [2.24, 2.45) is 5.92 Å². The lowest BCUT2D eigenvalue weighted by molar-refractivity contribution is -0.385. The molecule has 7 nitrogen and oxygen atoms in total. The highest BCUT2D eigenvalue weighted by Crippen LogP contribution is 2.34. The van der Waals surface area contributed by atoms with Gasteiger partial charge in [-0.05, 0) is 50.7 Å². The number of hydrogen-bond donors (Lipinski definition) is 0. The highest BCUT2D eigenvalue weighted by molar-refractivity contribution is 5.95. The van der Waals surface area contributed by atoms with Gasteiger partial charge < -0.3 is 14.4 Å². The van der Waals surface area contributed by atoms with Gasteiger partial charge in [-0.25, -0.2) is 4.79 Å². The highest BCUT2D eigenvalue weighted by Gasteiger charge is 2.31. The first-order valence-corrected chi connectivity index (χ1v) is 8.75. The number of carbonyl (C=O) groups excluding carboxylic acids is 1. The summed E-state index contributed by atoms with van der Waals surface area (Å²) < 4.78 is 10.5. The molecule has 2 saturated heterocycles. The normalized spacial score (nSPS) is 21.4. The maximum atomic E-state index is 12.0. The Morgan fingerprint density at radius 2 is 2.04 bits per heavy atom. The minimum atomic E-state index is -0.675. The van der Waals surface area contributed by atoms with E-state index in [1.54, 1.807) is 19.1 Å². The number of benzene rings is 1. The third kappa shape index (κ3) is 3.61. The summed E-state index contributed by atoms with van der Waals surface area (Å²) in [6.07, 6.45) is 4.75. The molecule has 3 rings (SSSR count). The lowest BCUT2D eigenvalue weighted by atomic mass is 9.89. The fraction of sp³-hybridized carbons (Fsp3) is 0.611. The molecule has 2 heterocycles. The minimum Gasteiger partial charge on any atom is -0.465 e. The summed E-state index contributed by atoms with van der Waals surface area (Å²) in [6, 6.07) is 3.38. The molecule has 1 atom stereocenters. The van der Waals surface area contributed by atoms with Crippen LogP contribution in [0, 0.1) is 23.0 Å². The van der Waals surface area contributed by atoms with Crippen LogP contribution in [-0.4, -0.2) is 43.8 Å². The van der Waals surface area contributed by atoms with Crippen molar-refractivity contribution >= 4 is 17.3 Å². The smallest absolute Gasteiger partial charge is 0.344 e. The minimum absolute atomic E-state index is 0.0174. The van der Waals surface area contributed by atoms with Gasteiger partial charge in [0.05, 0.1) is 18.1 Å². The molecule has 1 aromatic carbocycles. The summed E-state index contributed by atoms with van der Waals surface area (Å²) in [4.78, 5) is 25.0. The number of anilines is 1. The van der Waals surface area contributed by atoms with Crippen molar-refractivity contribution in [2.45, 2.75) is 38.7 Å². The predicted molar refractivity (Wildman–Crippen MR) is 93.1 cm³/mol. The van der Waals surface area contributed by atoms with E-state index in [2.05, 4.69) is 4.90 Å². The Balaban J connectivity index is 1.79. The van der Waals surface area contributed by atoms with Crippen LogP contribution in [0.25, 0.3) is 0 Å². The summed E-state index contributed by atoms with van der Waals surface area (Å²) in [7, 11) is 1.24. The Morgan fingerprint density at radius 1 is 1.32 bits per heavy atom. The van der Waals surface area contributed by atoms with Crippen LogP contribution in [0.1, 0.15) is 41.6 Å². The molecule has 0 bridgehead atoms. The Bertz CT molecular complexity index is 662. The fourth-order valence-electron chi connectivity index (χ4n) is 3.95. The fourth-order valence-corrected chi connectivity index (χ4v) is 3.95. The standard InChI is InChI=1S/C18H24N2O5/c1-12-10-14(11-15(18(21)24-2)17(12)20(22)23)19-7-5-13(6-8-19)16-4-3-9-25-16/h10-11,13,16H,3-9H2,1-2H3. The van der Waals surface area contributed by atoms with E-state index in [0.717, 1.165) is 51.1 Å². The van der Waals surface area contributed by atoms with E-state index < -0.39 is 10.9 Å². The Kier molecular flexibility index (Phi) is 5.22. The average Bonchev–Trinajstić information content (AvgIpc) is 3.14. The third-order valence-corrected chi connectivity index (χ3v) is 5.27. The molecule has 0 radical (unpaired) electrons. The molecule has 0 amide bonds.